The molecule has 3 aliphatic rings. The predicted molar refractivity (Wildman–Crippen MR) is 73.9 cm³/mol. The fourth-order valence-corrected chi connectivity index (χ4v) is 4.40. The number of fused-ring (bicyclic) bond motifs is 1. The highest BCUT2D eigenvalue weighted by molar-refractivity contribution is 5.73. The molecule has 3 fully saturated rings. The molecule has 1 saturated heterocycles. The second-order valence-electron chi connectivity index (χ2n) is 7.75. The van der Waals surface area contributed by atoms with Crippen LogP contribution in [0.5, 0.6) is 0 Å². The summed E-state index contributed by atoms with van der Waals surface area (Å²) in [5.74, 6) is 0.838. The second-order valence-corrected chi connectivity index (χ2v) is 7.75. The molecular weight excluding hydrogens is 256 g/mol. The van der Waals surface area contributed by atoms with Crippen LogP contribution in [-0.2, 0) is 19.0 Å². The van der Waals surface area contributed by atoms with E-state index >= 15 is 0 Å². The molecule has 3 rings (SSSR count). The Morgan fingerprint density at radius 1 is 1.20 bits per heavy atom. The molecule has 1 heterocycles. The molecule has 1 aliphatic heterocycles. The fourth-order valence-electron chi connectivity index (χ4n) is 4.40. The van der Waals surface area contributed by atoms with E-state index in [0.29, 0.717) is 17.8 Å². The van der Waals surface area contributed by atoms with Gasteiger partial charge in [-0.25, -0.2) is 0 Å². The van der Waals surface area contributed by atoms with Gasteiger partial charge in [0, 0.05) is 18.3 Å². The first-order chi connectivity index (χ1) is 9.36. The molecule has 0 radical (unpaired) electrons. The number of hydrogen-bond acceptors (Lipinski definition) is 4. The van der Waals surface area contributed by atoms with Crippen molar-refractivity contribution in [1.82, 2.24) is 0 Å². The molecule has 0 aromatic heterocycles. The normalized spacial score (nSPS) is 41.6. The Bertz CT molecular complexity index is 393. The van der Waals surface area contributed by atoms with Gasteiger partial charge < -0.3 is 14.2 Å². The Kier molecular flexibility index (Phi) is 3.37. The third-order valence-electron chi connectivity index (χ3n) is 5.40. The number of hydrogen-bond donors (Lipinski definition) is 0. The predicted octanol–water partition coefficient (Wildman–Crippen LogP) is 2.61. The molecule has 0 unspecified atom stereocenters. The molecule has 0 aromatic rings. The molecule has 4 nitrogen and oxygen atoms in total. The van der Waals surface area contributed by atoms with Crippen LogP contribution in [0.15, 0.2) is 0 Å². The molecule has 0 bridgehead atoms. The summed E-state index contributed by atoms with van der Waals surface area (Å²) in [6.07, 6.45) is 2.87. The van der Waals surface area contributed by atoms with Crippen LogP contribution in [0.25, 0.3) is 0 Å². The zero-order chi connectivity index (χ0) is 14.5. The summed E-state index contributed by atoms with van der Waals surface area (Å²) in [4.78, 5) is 12.0. The summed E-state index contributed by atoms with van der Waals surface area (Å²) in [6, 6.07) is 0. The largest absolute Gasteiger partial charge is 0.469 e. The smallest absolute Gasteiger partial charge is 0.309 e. The molecule has 20 heavy (non-hydrogen) atoms. The number of rotatable bonds is 1. The van der Waals surface area contributed by atoms with E-state index in [1.807, 2.05) is 0 Å². The summed E-state index contributed by atoms with van der Waals surface area (Å²) >= 11 is 0. The SMILES string of the molecule is COC(=O)[C@@H]1[C@H]2CC3(C[C@H]2C[C@H]1C)OCC(C)(C)CO3. The molecular formula is C16H26O4. The van der Waals surface area contributed by atoms with E-state index in [-0.39, 0.29) is 17.3 Å². The van der Waals surface area contributed by atoms with Gasteiger partial charge in [-0.1, -0.05) is 20.8 Å². The Labute approximate surface area is 121 Å². The van der Waals surface area contributed by atoms with Gasteiger partial charge >= 0.3 is 5.97 Å². The van der Waals surface area contributed by atoms with Crippen LogP contribution in [0.1, 0.15) is 40.0 Å². The van der Waals surface area contributed by atoms with Gasteiger partial charge in [0.2, 0.25) is 0 Å². The first-order valence-corrected chi connectivity index (χ1v) is 7.72. The van der Waals surface area contributed by atoms with Crippen LogP contribution in [0.2, 0.25) is 0 Å². The molecule has 2 saturated carbocycles. The van der Waals surface area contributed by atoms with Crippen LogP contribution in [0.3, 0.4) is 0 Å². The van der Waals surface area contributed by atoms with Gasteiger partial charge in [-0.15, -0.1) is 0 Å². The van der Waals surface area contributed by atoms with Crippen molar-refractivity contribution in [2.45, 2.75) is 45.8 Å². The van der Waals surface area contributed by atoms with Crippen LogP contribution in [0.4, 0.5) is 0 Å². The minimum atomic E-state index is -0.433. The third kappa shape index (κ3) is 2.27. The molecule has 2 aliphatic carbocycles. The number of ether oxygens (including phenoxy) is 3. The zero-order valence-electron chi connectivity index (χ0n) is 13.0. The Morgan fingerprint density at radius 3 is 2.45 bits per heavy atom. The van der Waals surface area contributed by atoms with Gasteiger partial charge in [-0.05, 0) is 24.2 Å². The van der Waals surface area contributed by atoms with Crippen molar-refractivity contribution in [3.8, 4) is 0 Å². The maximum absolute atomic E-state index is 12.0. The first kappa shape index (κ1) is 14.3. The number of methoxy groups -OCH3 is 1. The minimum Gasteiger partial charge on any atom is -0.469 e. The number of carbonyl (C=O) groups is 1. The lowest BCUT2D eigenvalue weighted by atomic mass is 9.87. The zero-order valence-corrected chi connectivity index (χ0v) is 13.0. The lowest BCUT2D eigenvalue weighted by Crippen LogP contribution is -2.46. The molecule has 1 spiro atoms. The monoisotopic (exact) mass is 282 g/mol. The minimum absolute atomic E-state index is 0.0199. The fraction of sp³-hybridized carbons (Fsp3) is 0.938. The summed E-state index contributed by atoms with van der Waals surface area (Å²) in [5, 5.41) is 0. The molecule has 4 atom stereocenters. The van der Waals surface area contributed by atoms with Gasteiger partial charge in [0.15, 0.2) is 5.79 Å². The summed E-state index contributed by atoms with van der Waals surface area (Å²) in [5.41, 5.74) is 0.0952. The van der Waals surface area contributed by atoms with Crippen LogP contribution in [0, 0.1) is 29.1 Å². The summed E-state index contributed by atoms with van der Waals surface area (Å²) in [6.45, 7) is 7.97. The highest BCUT2D eigenvalue weighted by Gasteiger charge is 2.58. The van der Waals surface area contributed by atoms with Crippen LogP contribution >= 0.6 is 0 Å². The van der Waals surface area contributed by atoms with Gasteiger partial charge in [0.1, 0.15) is 0 Å². The van der Waals surface area contributed by atoms with Crippen molar-refractivity contribution in [2.75, 3.05) is 20.3 Å². The van der Waals surface area contributed by atoms with Gasteiger partial charge in [-0.3, -0.25) is 4.79 Å². The van der Waals surface area contributed by atoms with Gasteiger partial charge in [0.25, 0.3) is 0 Å². The molecule has 114 valence electrons. The standard InChI is InChI=1S/C16H26O4/c1-10-5-11-6-16(19-8-15(2,3)9-20-16)7-12(11)13(10)14(17)18-4/h10-13H,5-9H2,1-4H3/t10-,11-,12+,13+/m1/s1. The quantitative estimate of drug-likeness (QED) is 0.694. The maximum atomic E-state index is 12.0. The Balaban J connectivity index is 1.73. The van der Waals surface area contributed by atoms with E-state index in [9.17, 15) is 4.79 Å². The van der Waals surface area contributed by atoms with Crippen LogP contribution in [-0.4, -0.2) is 32.1 Å². The molecule has 0 amide bonds. The third-order valence-corrected chi connectivity index (χ3v) is 5.40. The Hall–Kier alpha value is -0.610. The van der Waals surface area contributed by atoms with E-state index in [1.165, 1.54) is 7.11 Å². The topological polar surface area (TPSA) is 44.8 Å². The van der Waals surface area contributed by atoms with Crippen LogP contribution < -0.4 is 0 Å². The van der Waals surface area contributed by atoms with Crippen molar-refractivity contribution in [1.29, 1.82) is 0 Å². The second kappa shape index (κ2) is 4.70. The van der Waals surface area contributed by atoms with E-state index in [1.54, 1.807) is 0 Å². The molecule has 4 heteroatoms. The summed E-state index contributed by atoms with van der Waals surface area (Å²) in [7, 11) is 1.49. The van der Waals surface area contributed by atoms with Crippen molar-refractivity contribution in [3.05, 3.63) is 0 Å². The lowest BCUT2D eigenvalue weighted by Gasteiger charge is -2.42. The average molecular weight is 282 g/mol. The molecule has 0 aromatic carbocycles. The molecule has 0 N–H and O–H groups in total. The van der Waals surface area contributed by atoms with Gasteiger partial charge in [0.05, 0.1) is 26.2 Å². The average Bonchev–Trinajstić information content (AvgIpc) is 2.86. The lowest BCUT2D eigenvalue weighted by molar-refractivity contribution is -0.298. The van der Waals surface area contributed by atoms with Crippen molar-refractivity contribution < 1.29 is 19.0 Å². The number of carbonyl (C=O) groups excluding carboxylic acids is 1. The Morgan fingerprint density at radius 2 is 1.85 bits per heavy atom. The van der Waals surface area contributed by atoms with Crippen molar-refractivity contribution >= 4 is 5.97 Å². The maximum Gasteiger partial charge on any atom is 0.309 e. The van der Waals surface area contributed by atoms with Crippen molar-refractivity contribution in [2.24, 2.45) is 29.1 Å². The first-order valence-electron chi connectivity index (χ1n) is 7.72. The van der Waals surface area contributed by atoms with Gasteiger partial charge in [-0.2, -0.15) is 0 Å². The van der Waals surface area contributed by atoms with Crippen molar-refractivity contribution in [3.63, 3.8) is 0 Å². The van der Waals surface area contributed by atoms with E-state index in [2.05, 4.69) is 20.8 Å². The number of esters is 1. The van der Waals surface area contributed by atoms with E-state index in [0.717, 1.165) is 32.5 Å². The highest BCUT2D eigenvalue weighted by Crippen LogP contribution is 2.56. The highest BCUT2D eigenvalue weighted by atomic mass is 16.7. The van der Waals surface area contributed by atoms with E-state index < -0.39 is 5.79 Å². The van der Waals surface area contributed by atoms with E-state index in [4.69, 9.17) is 14.2 Å². The summed E-state index contributed by atoms with van der Waals surface area (Å²) < 4.78 is 17.2.